The average molecular weight is 315 g/mol. The number of hydrogen-bond acceptors (Lipinski definition) is 5. The van der Waals surface area contributed by atoms with Gasteiger partial charge in [-0.1, -0.05) is 5.21 Å². The quantitative estimate of drug-likeness (QED) is 0.767. The predicted octanol–water partition coefficient (Wildman–Crippen LogP) is -0.188. The van der Waals surface area contributed by atoms with Crippen LogP contribution < -0.4 is 5.43 Å². The maximum Gasteiger partial charge on any atom is 0.242 e. The van der Waals surface area contributed by atoms with Crippen molar-refractivity contribution in [1.29, 1.82) is 0 Å². The molecule has 0 radical (unpaired) electrons. The second kappa shape index (κ2) is 5.62. The number of nitrogens with zero attached hydrogens (tertiary/aromatic N) is 5. The van der Waals surface area contributed by atoms with Crippen LogP contribution in [-0.4, -0.2) is 49.6 Å². The van der Waals surface area contributed by atoms with Gasteiger partial charge in [0.05, 0.1) is 30.6 Å². The molecule has 1 saturated heterocycles. The van der Waals surface area contributed by atoms with Crippen LogP contribution in [0.5, 0.6) is 0 Å². The number of rotatable bonds is 2. The molecule has 2 aromatic heterocycles. The van der Waals surface area contributed by atoms with Crippen molar-refractivity contribution in [3.05, 3.63) is 46.6 Å². The van der Waals surface area contributed by atoms with Crippen LogP contribution in [0.2, 0.25) is 0 Å². The van der Waals surface area contributed by atoms with Crippen molar-refractivity contribution >= 4 is 5.91 Å². The van der Waals surface area contributed by atoms with Gasteiger partial charge < -0.3 is 14.2 Å². The summed E-state index contributed by atoms with van der Waals surface area (Å²) in [7, 11) is 0. The Labute approximate surface area is 132 Å². The van der Waals surface area contributed by atoms with Gasteiger partial charge in [0.2, 0.25) is 5.91 Å². The molecular formula is C15H17N5O3. The van der Waals surface area contributed by atoms with E-state index < -0.39 is 0 Å². The molecule has 0 aliphatic carbocycles. The summed E-state index contributed by atoms with van der Waals surface area (Å²) < 4.78 is 9.45. The van der Waals surface area contributed by atoms with Crippen molar-refractivity contribution < 1.29 is 9.53 Å². The van der Waals surface area contributed by atoms with Gasteiger partial charge in [-0.15, -0.1) is 5.10 Å². The van der Waals surface area contributed by atoms with Gasteiger partial charge >= 0.3 is 0 Å². The van der Waals surface area contributed by atoms with Gasteiger partial charge in [-0.3, -0.25) is 9.59 Å². The molecule has 8 heteroatoms. The molecule has 8 nitrogen and oxygen atoms in total. The van der Waals surface area contributed by atoms with Gasteiger partial charge in [0, 0.05) is 37.6 Å². The molecule has 120 valence electrons. The maximum absolute atomic E-state index is 12.5. The normalized spacial score (nSPS) is 23.2. The van der Waals surface area contributed by atoms with Gasteiger partial charge in [0.1, 0.15) is 6.54 Å². The fourth-order valence-corrected chi connectivity index (χ4v) is 3.21. The molecule has 2 aliphatic heterocycles. The molecule has 2 atom stereocenters. The van der Waals surface area contributed by atoms with Crippen molar-refractivity contribution in [2.75, 3.05) is 13.1 Å². The van der Waals surface area contributed by atoms with E-state index in [1.54, 1.807) is 23.2 Å². The number of amides is 1. The van der Waals surface area contributed by atoms with Crippen molar-refractivity contribution in [2.45, 2.75) is 31.7 Å². The summed E-state index contributed by atoms with van der Waals surface area (Å²) in [5, 5.41) is 8.07. The lowest BCUT2D eigenvalue weighted by Crippen LogP contribution is -2.50. The largest absolute Gasteiger partial charge is 0.370 e. The van der Waals surface area contributed by atoms with Gasteiger partial charge in [0.25, 0.3) is 0 Å². The molecule has 4 rings (SSSR count). The first-order valence-corrected chi connectivity index (χ1v) is 7.65. The summed E-state index contributed by atoms with van der Waals surface area (Å²) in [5.41, 5.74) is 0.883. The minimum atomic E-state index is -0.0624. The Morgan fingerprint density at radius 2 is 2.17 bits per heavy atom. The molecule has 1 amide bonds. The maximum atomic E-state index is 12.5. The van der Waals surface area contributed by atoms with E-state index in [1.165, 1.54) is 12.1 Å². The van der Waals surface area contributed by atoms with E-state index in [1.807, 2.05) is 9.58 Å². The molecular weight excluding hydrogens is 298 g/mol. The fraction of sp³-hybridized carbons (Fsp3) is 0.467. The monoisotopic (exact) mass is 315 g/mol. The molecule has 0 unspecified atom stereocenters. The Morgan fingerprint density at radius 3 is 3.00 bits per heavy atom. The van der Waals surface area contributed by atoms with Crippen LogP contribution in [0.1, 0.15) is 18.2 Å². The highest BCUT2D eigenvalue weighted by Gasteiger charge is 2.37. The van der Waals surface area contributed by atoms with E-state index in [4.69, 9.17) is 4.74 Å². The second-order valence-electron chi connectivity index (χ2n) is 5.92. The highest BCUT2D eigenvalue weighted by Crippen LogP contribution is 2.30. The Balaban J connectivity index is 1.48. The molecule has 0 aromatic carbocycles. The third kappa shape index (κ3) is 2.65. The number of carbonyl (C=O) groups excluding carboxylic acids is 1. The zero-order chi connectivity index (χ0) is 15.8. The van der Waals surface area contributed by atoms with Crippen LogP contribution in [0, 0.1) is 0 Å². The van der Waals surface area contributed by atoms with E-state index in [9.17, 15) is 9.59 Å². The van der Waals surface area contributed by atoms with Crippen molar-refractivity contribution in [3.8, 4) is 0 Å². The lowest BCUT2D eigenvalue weighted by Gasteiger charge is -2.41. The lowest BCUT2D eigenvalue weighted by molar-refractivity contribution is -0.138. The number of likely N-dealkylation sites (tertiary alicyclic amines) is 1. The van der Waals surface area contributed by atoms with Crippen LogP contribution in [0.4, 0.5) is 0 Å². The third-order valence-corrected chi connectivity index (χ3v) is 4.46. The van der Waals surface area contributed by atoms with Crippen LogP contribution in [0.25, 0.3) is 0 Å². The molecule has 1 fully saturated rings. The number of aromatic nitrogens is 4. The Bertz CT molecular complexity index is 763. The zero-order valence-electron chi connectivity index (χ0n) is 12.5. The average Bonchev–Trinajstić information content (AvgIpc) is 3.05. The summed E-state index contributed by atoms with van der Waals surface area (Å²) >= 11 is 0. The van der Waals surface area contributed by atoms with E-state index in [2.05, 4.69) is 10.3 Å². The van der Waals surface area contributed by atoms with Crippen LogP contribution in [0.3, 0.4) is 0 Å². The van der Waals surface area contributed by atoms with E-state index in [-0.39, 0.29) is 30.0 Å². The van der Waals surface area contributed by atoms with Crippen LogP contribution in [-0.2, 0) is 22.7 Å². The third-order valence-electron chi connectivity index (χ3n) is 4.46. The smallest absolute Gasteiger partial charge is 0.242 e. The number of hydrogen-bond donors (Lipinski definition) is 0. The van der Waals surface area contributed by atoms with Crippen molar-refractivity contribution in [2.24, 2.45) is 0 Å². The summed E-state index contributed by atoms with van der Waals surface area (Å²) in [6.45, 7) is 1.99. The highest BCUT2D eigenvalue weighted by atomic mass is 16.5. The summed E-state index contributed by atoms with van der Waals surface area (Å²) in [4.78, 5) is 25.5. The van der Waals surface area contributed by atoms with E-state index in [0.717, 1.165) is 12.1 Å². The Hall–Kier alpha value is -2.48. The van der Waals surface area contributed by atoms with Gasteiger partial charge in [0.15, 0.2) is 5.43 Å². The van der Waals surface area contributed by atoms with Crippen molar-refractivity contribution in [3.63, 3.8) is 0 Å². The molecule has 0 N–H and O–H groups in total. The van der Waals surface area contributed by atoms with E-state index in [0.29, 0.717) is 19.7 Å². The molecule has 23 heavy (non-hydrogen) atoms. The van der Waals surface area contributed by atoms with Crippen LogP contribution >= 0.6 is 0 Å². The molecule has 2 aliphatic rings. The molecule has 2 aromatic rings. The first-order chi connectivity index (χ1) is 11.2. The number of pyridine rings is 1. The molecule has 0 spiro atoms. The number of ether oxygens (including phenoxy) is 1. The minimum absolute atomic E-state index is 0.0213. The molecule has 0 saturated carbocycles. The minimum Gasteiger partial charge on any atom is -0.370 e. The standard InChI is InChI=1S/C15H17N5O3/c21-12-1-4-18(5-2-12)9-15(22)19-6-3-14-13(8-19)20-11(10-23-14)7-16-17-20/h1-2,4-5,7,13-14H,3,6,8-10H2/t13-,14+/m0/s1. The molecule has 4 heterocycles. The van der Waals surface area contributed by atoms with E-state index >= 15 is 0 Å². The summed E-state index contributed by atoms with van der Waals surface area (Å²) in [5.74, 6) is 0.0272. The Kier molecular flexibility index (Phi) is 3.45. The van der Waals surface area contributed by atoms with Gasteiger partial charge in [-0.05, 0) is 6.42 Å². The lowest BCUT2D eigenvalue weighted by atomic mass is 10.0. The zero-order valence-corrected chi connectivity index (χ0v) is 12.5. The van der Waals surface area contributed by atoms with Crippen molar-refractivity contribution in [1.82, 2.24) is 24.5 Å². The number of piperidine rings is 1. The van der Waals surface area contributed by atoms with Gasteiger partial charge in [-0.25, -0.2) is 4.68 Å². The Morgan fingerprint density at radius 1 is 1.35 bits per heavy atom. The SMILES string of the molecule is O=C(Cn1ccc(=O)cc1)N1CC[C@H]2OCc3cnnn3[C@H]2C1. The second-order valence-corrected chi connectivity index (χ2v) is 5.92. The summed E-state index contributed by atoms with van der Waals surface area (Å²) in [6.07, 6.45) is 5.84. The topological polar surface area (TPSA) is 82.2 Å². The van der Waals surface area contributed by atoms with Gasteiger partial charge in [-0.2, -0.15) is 0 Å². The van der Waals surface area contributed by atoms with Crippen LogP contribution in [0.15, 0.2) is 35.5 Å². The predicted molar refractivity (Wildman–Crippen MR) is 79.5 cm³/mol. The first kappa shape index (κ1) is 14.1. The highest BCUT2D eigenvalue weighted by molar-refractivity contribution is 5.76. The first-order valence-electron chi connectivity index (χ1n) is 7.65. The number of carbonyl (C=O) groups is 1. The summed E-state index contributed by atoms with van der Waals surface area (Å²) in [6, 6.07) is 2.93. The fourth-order valence-electron chi connectivity index (χ4n) is 3.21. The number of fused-ring (bicyclic) bond motifs is 3. The molecule has 0 bridgehead atoms.